The van der Waals surface area contributed by atoms with E-state index in [2.05, 4.69) is 10.1 Å². The fourth-order valence-electron chi connectivity index (χ4n) is 1.92. The molecule has 124 valence electrons. The largest absolute Gasteiger partial charge is 0.465 e. The van der Waals surface area contributed by atoms with Gasteiger partial charge in [-0.05, 0) is 17.7 Å². The molecule has 2 rings (SSSR count). The van der Waals surface area contributed by atoms with Gasteiger partial charge in [0.25, 0.3) is 0 Å². The maximum absolute atomic E-state index is 11.9. The summed E-state index contributed by atoms with van der Waals surface area (Å²) in [5.74, 6) is -0.559. The normalized spacial score (nSPS) is 10.0. The zero-order valence-electron chi connectivity index (χ0n) is 13.2. The van der Waals surface area contributed by atoms with Gasteiger partial charge in [0.1, 0.15) is 0 Å². The molecule has 0 bridgehead atoms. The molecule has 0 heterocycles. The van der Waals surface area contributed by atoms with Gasteiger partial charge in [0, 0.05) is 12.1 Å². The van der Waals surface area contributed by atoms with Crippen LogP contribution in [-0.4, -0.2) is 29.9 Å². The average Bonchev–Trinajstić information content (AvgIpc) is 2.64. The van der Waals surface area contributed by atoms with E-state index in [4.69, 9.17) is 0 Å². The van der Waals surface area contributed by atoms with Gasteiger partial charge < -0.3 is 10.1 Å². The third kappa shape index (κ3) is 5.24. The molecule has 0 aromatic heterocycles. The molecule has 0 unspecified atom stereocenters. The van der Waals surface area contributed by atoms with Crippen LogP contribution in [0.5, 0.6) is 0 Å². The Hall–Kier alpha value is -2.60. The second-order valence-electron chi connectivity index (χ2n) is 4.91. The topological polar surface area (TPSA) is 72.5 Å². The molecule has 0 saturated carbocycles. The van der Waals surface area contributed by atoms with Crippen LogP contribution < -0.4 is 5.32 Å². The summed E-state index contributed by atoms with van der Waals surface area (Å²) in [6, 6.07) is 15.6. The molecule has 1 amide bonds. The standard InChI is InChI=1S/C18H17NO4S/c1-23-17(21)14-9-7-13(8-10-14)11-19-16(20)12-24-18(22)15-5-3-2-4-6-15/h2-10H,11-12H2,1H3,(H,19,20). The molecule has 1 N–H and O–H groups in total. The van der Waals surface area contributed by atoms with E-state index in [0.29, 0.717) is 17.7 Å². The molecule has 0 aliphatic carbocycles. The number of nitrogens with one attached hydrogen (secondary N) is 1. The summed E-state index contributed by atoms with van der Waals surface area (Å²) in [7, 11) is 1.32. The highest BCUT2D eigenvalue weighted by molar-refractivity contribution is 8.14. The van der Waals surface area contributed by atoms with Crippen molar-refractivity contribution >= 4 is 28.8 Å². The number of methoxy groups -OCH3 is 1. The number of benzene rings is 2. The van der Waals surface area contributed by atoms with Crippen molar-refractivity contribution in [2.75, 3.05) is 12.9 Å². The third-order valence-corrected chi connectivity index (χ3v) is 4.11. The van der Waals surface area contributed by atoms with Crippen LogP contribution in [0.2, 0.25) is 0 Å². The fraction of sp³-hybridized carbons (Fsp3) is 0.167. The minimum Gasteiger partial charge on any atom is -0.465 e. The van der Waals surface area contributed by atoms with Crippen LogP contribution in [0.3, 0.4) is 0 Å². The predicted molar refractivity (Wildman–Crippen MR) is 92.9 cm³/mol. The summed E-state index contributed by atoms with van der Waals surface area (Å²) < 4.78 is 4.62. The molecule has 2 aromatic rings. The lowest BCUT2D eigenvalue weighted by atomic mass is 10.1. The highest BCUT2D eigenvalue weighted by Crippen LogP contribution is 2.12. The number of rotatable bonds is 6. The molecule has 0 atom stereocenters. The zero-order valence-corrected chi connectivity index (χ0v) is 14.0. The van der Waals surface area contributed by atoms with Crippen LogP contribution >= 0.6 is 11.8 Å². The Bertz CT molecular complexity index is 714. The SMILES string of the molecule is COC(=O)c1ccc(CNC(=O)CSC(=O)c2ccccc2)cc1. The fourth-order valence-corrected chi connectivity index (χ4v) is 2.58. The number of carbonyl (C=O) groups excluding carboxylic acids is 3. The van der Waals surface area contributed by atoms with Crippen molar-refractivity contribution in [3.63, 3.8) is 0 Å². The second kappa shape index (κ2) is 8.88. The summed E-state index contributed by atoms with van der Waals surface area (Å²) in [5.41, 5.74) is 1.89. The first-order valence-corrected chi connectivity index (χ1v) is 8.25. The van der Waals surface area contributed by atoms with E-state index < -0.39 is 5.97 Å². The summed E-state index contributed by atoms with van der Waals surface area (Å²) >= 11 is 0.970. The molecule has 0 aliphatic heterocycles. The first-order valence-electron chi connectivity index (χ1n) is 7.26. The maximum atomic E-state index is 11.9. The lowest BCUT2D eigenvalue weighted by Crippen LogP contribution is -2.25. The molecule has 0 aliphatic rings. The predicted octanol–water partition coefficient (Wildman–Crippen LogP) is 2.66. The Balaban J connectivity index is 1.77. The third-order valence-electron chi connectivity index (χ3n) is 3.21. The van der Waals surface area contributed by atoms with Gasteiger partial charge in [-0.1, -0.05) is 54.2 Å². The van der Waals surface area contributed by atoms with E-state index in [0.717, 1.165) is 17.3 Å². The summed E-state index contributed by atoms with van der Waals surface area (Å²) in [6.45, 7) is 0.334. The van der Waals surface area contributed by atoms with E-state index in [-0.39, 0.29) is 16.8 Å². The lowest BCUT2D eigenvalue weighted by Gasteiger charge is -2.06. The van der Waals surface area contributed by atoms with Gasteiger partial charge in [-0.25, -0.2) is 4.79 Å². The molecular formula is C18H17NO4S. The number of esters is 1. The van der Waals surface area contributed by atoms with Gasteiger partial charge >= 0.3 is 5.97 Å². The van der Waals surface area contributed by atoms with Gasteiger partial charge in [0.05, 0.1) is 18.4 Å². The van der Waals surface area contributed by atoms with Crippen LogP contribution in [0.4, 0.5) is 0 Å². The highest BCUT2D eigenvalue weighted by atomic mass is 32.2. The molecule has 24 heavy (non-hydrogen) atoms. The first-order chi connectivity index (χ1) is 11.6. The number of thioether (sulfide) groups is 1. The smallest absolute Gasteiger partial charge is 0.337 e. The quantitative estimate of drug-likeness (QED) is 0.817. The van der Waals surface area contributed by atoms with Gasteiger partial charge in [-0.3, -0.25) is 9.59 Å². The van der Waals surface area contributed by atoms with Crippen molar-refractivity contribution < 1.29 is 19.1 Å². The van der Waals surface area contributed by atoms with E-state index in [1.807, 2.05) is 6.07 Å². The van der Waals surface area contributed by atoms with Crippen molar-refractivity contribution in [2.24, 2.45) is 0 Å². The Labute approximate surface area is 144 Å². The van der Waals surface area contributed by atoms with Gasteiger partial charge in [0.2, 0.25) is 11.0 Å². The van der Waals surface area contributed by atoms with E-state index in [1.54, 1.807) is 48.5 Å². The van der Waals surface area contributed by atoms with E-state index in [1.165, 1.54) is 7.11 Å². The van der Waals surface area contributed by atoms with E-state index >= 15 is 0 Å². The number of amides is 1. The number of ether oxygens (including phenoxy) is 1. The molecule has 2 aromatic carbocycles. The zero-order chi connectivity index (χ0) is 17.4. The molecular weight excluding hydrogens is 326 g/mol. The molecule has 0 fully saturated rings. The summed E-state index contributed by atoms with van der Waals surface area (Å²) in [6.07, 6.45) is 0. The Kier molecular flexibility index (Phi) is 6.57. The number of hydrogen-bond donors (Lipinski definition) is 1. The second-order valence-corrected chi connectivity index (χ2v) is 5.86. The number of carbonyl (C=O) groups is 3. The van der Waals surface area contributed by atoms with Gasteiger partial charge in [0.15, 0.2) is 0 Å². The Morgan fingerprint density at radius 2 is 1.62 bits per heavy atom. The Morgan fingerprint density at radius 1 is 0.958 bits per heavy atom. The number of hydrogen-bond acceptors (Lipinski definition) is 5. The van der Waals surface area contributed by atoms with Crippen molar-refractivity contribution in [3.05, 3.63) is 71.3 Å². The highest BCUT2D eigenvalue weighted by Gasteiger charge is 2.10. The van der Waals surface area contributed by atoms with Crippen molar-refractivity contribution in [2.45, 2.75) is 6.54 Å². The van der Waals surface area contributed by atoms with Gasteiger partial charge in [-0.2, -0.15) is 0 Å². The van der Waals surface area contributed by atoms with Crippen LogP contribution in [0, 0.1) is 0 Å². The Morgan fingerprint density at radius 3 is 2.25 bits per heavy atom. The molecule has 0 saturated heterocycles. The summed E-state index contributed by atoms with van der Waals surface area (Å²) in [4.78, 5) is 35.0. The van der Waals surface area contributed by atoms with Crippen LogP contribution in [0.1, 0.15) is 26.3 Å². The lowest BCUT2D eigenvalue weighted by molar-refractivity contribution is -0.118. The van der Waals surface area contributed by atoms with Crippen LogP contribution in [-0.2, 0) is 16.1 Å². The average molecular weight is 343 g/mol. The molecule has 0 spiro atoms. The van der Waals surface area contributed by atoms with E-state index in [9.17, 15) is 14.4 Å². The van der Waals surface area contributed by atoms with Crippen molar-refractivity contribution in [1.82, 2.24) is 5.32 Å². The molecule has 0 radical (unpaired) electrons. The molecule has 6 heteroatoms. The van der Waals surface area contributed by atoms with Crippen molar-refractivity contribution in [3.8, 4) is 0 Å². The monoisotopic (exact) mass is 343 g/mol. The van der Waals surface area contributed by atoms with Gasteiger partial charge in [-0.15, -0.1) is 0 Å². The first kappa shape index (κ1) is 17.7. The minimum absolute atomic E-state index is 0.0635. The molecule has 5 nitrogen and oxygen atoms in total. The van der Waals surface area contributed by atoms with Crippen LogP contribution in [0.15, 0.2) is 54.6 Å². The van der Waals surface area contributed by atoms with Crippen molar-refractivity contribution in [1.29, 1.82) is 0 Å². The summed E-state index contributed by atoms with van der Waals surface area (Å²) in [5, 5.41) is 2.61. The minimum atomic E-state index is -0.401. The van der Waals surface area contributed by atoms with Crippen LogP contribution in [0.25, 0.3) is 0 Å². The maximum Gasteiger partial charge on any atom is 0.337 e.